The smallest absolute Gasteiger partial charge is 0.341 e. The van der Waals surface area contributed by atoms with Crippen molar-refractivity contribution in [3.05, 3.63) is 54.1 Å². The molecular formula is C14H12O4. The number of benzene rings is 2. The van der Waals surface area contributed by atoms with Crippen LogP contribution in [0.3, 0.4) is 0 Å². The van der Waals surface area contributed by atoms with Gasteiger partial charge in [-0.25, -0.2) is 4.79 Å². The SMILES string of the molecule is COC(=O)c1cc(Oc2ccccc2)ccc1O. The molecule has 0 unspecified atom stereocenters. The van der Waals surface area contributed by atoms with Gasteiger partial charge in [0.25, 0.3) is 0 Å². The van der Waals surface area contributed by atoms with Gasteiger partial charge in [0.05, 0.1) is 7.11 Å². The molecule has 1 N–H and O–H groups in total. The van der Waals surface area contributed by atoms with Crippen molar-refractivity contribution in [2.45, 2.75) is 0 Å². The van der Waals surface area contributed by atoms with Gasteiger partial charge in [0.1, 0.15) is 22.8 Å². The van der Waals surface area contributed by atoms with Crippen LogP contribution in [0, 0.1) is 0 Å². The zero-order chi connectivity index (χ0) is 13.0. The third-order valence-corrected chi connectivity index (χ3v) is 2.35. The van der Waals surface area contributed by atoms with Crippen molar-refractivity contribution in [2.24, 2.45) is 0 Å². The number of para-hydroxylation sites is 1. The molecule has 0 aromatic heterocycles. The minimum absolute atomic E-state index is 0.0749. The molecule has 0 aliphatic carbocycles. The summed E-state index contributed by atoms with van der Waals surface area (Å²) in [6, 6.07) is 13.6. The molecule has 0 amide bonds. The van der Waals surface area contributed by atoms with Gasteiger partial charge in [0.2, 0.25) is 0 Å². The molecule has 4 heteroatoms. The summed E-state index contributed by atoms with van der Waals surface area (Å²) in [5.74, 6) is 0.367. The van der Waals surface area contributed by atoms with Gasteiger partial charge in [0.15, 0.2) is 0 Å². The van der Waals surface area contributed by atoms with Gasteiger partial charge in [-0.1, -0.05) is 18.2 Å². The first-order chi connectivity index (χ1) is 8.70. The topological polar surface area (TPSA) is 55.8 Å². The van der Waals surface area contributed by atoms with E-state index in [9.17, 15) is 9.90 Å². The van der Waals surface area contributed by atoms with E-state index in [0.717, 1.165) is 0 Å². The van der Waals surface area contributed by atoms with Crippen LogP contribution in [-0.4, -0.2) is 18.2 Å². The van der Waals surface area contributed by atoms with Crippen molar-refractivity contribution in [3.63, 3.8) is 0 Å². The molecule has 0 fully saturated rings. The molecule has 0 radical (unpaired) electrons. The van der Waals surface area contributed by atoms with Crippen LogP contribution in [-0.2, 0) is 4.74 Å². The first-order valence-corrected chi connectivity index (χ1v) is 5.35. The van der Waals surface area contributed by atoms with Crippen LogP contribution in [0.25, 0.3) is 0 Å². The van der Waals surface area contributed by atoms with Crippen molar-refractivity contribution in [3.8, 4) is 17.2 Å². The molecule has 2 rings (SSSR count). The van der Waals surface area contributed by atoms with Crippen LogP contribution in [0.5, 0.6) is 17.2 Å². The second-order valence-corrected chi connectivity index (χ2v) is 3.59. The molecule has 18 heavy (non-hydrogen) atoms. The van der Waals surface area contributed by atoms with Crippen LogP contribution < -0.4 is 4.74 Å². The molecule has 0 saturated carbocycles. The van der Waals surface area contributed by atoms with Crippen molar-refractivity contribution < 1.29 is 19.4 Å². The van der Waals surface area contributed by atoms with E-state index in [2.05, 4.69) is 4.74 Å². The monoisotopic (exact) mass is 244 g/mol. The second-order valence-electron chi connectivity index (χ2n) is 3.59. The maximum atomic E-state index is 11.4. The number of aromatic hydroxyl groups is 1. The van der Waals surface area contributed by atoms with Gasteiger partial charge in [-0.3, -0.25) is 0 Å². The molecule has 0 spiro atoms. The number of hydrogen-bond acceptors (Lipinski definition) is 4. The Balaban J connectivity index is 2.27. The quantitative estimate of drug-likeness (QED) is 0.843. The first-order valence-electron chi connectivity index (χ1n) is 5.35. The van der Waals surface area contributed by atoms with Crippen molar-refractivity contribution >= 4 is 5.97 Å². The third-order valence-electron chi connectivity index (χ3n) is 2.35. The van der Waals surface area contributed by atoms with Gasteiger partial charge in [-0.15, -0.1) is 0 Å². The van der Waals surface area contributed by atoms with E-state index < -0.39 is 5.97 Å². The molecule has 92 valence electrons. The fourth-order valence-corrected chi connectivity index (χ4v) is 1.48. The Morgan fingerprint density at radius 3 is 2.44 bits per heavy atom. The standard InChI is InChI=1S/C14H12O4/c1-17-14(16)12-9-11(7-8-13(12)15)18-10-5-3-2-4-6-10/h2-9,15H,1H3. The van der Waals surface area contributed by atoms with Gasteiger partial charge in [-0.05, 0) is 30.3 Å². The molecule has 2 aromatic rings. The lowest BCUT2D eigenvalue weighted by atomic mass is 10.2. The highest BCUT2D eigenvalue weighted by atomic mass is 16.5. The van der Waals surface area contributed by atoms with E-state index in [-0.39, 0.29) is 11.3 Å². The second kappa shape index (κ2) is 5.23. The van der Waals surface area contributed by atoms with Crippen LogP contribution >= 0.6 is 0 Å². The van der Waals surface area contributed by atoms with Crippen LogP contribution in [0.4, 0.5) is 0 Å². The van der Waals surface area contributed by atoms with Gasteiger partial charge < -0.3 is 14.6 Å². The van der Waals surface area contributed by atoms with Crippen molar-refractivity contribution in [2.75, 3.05) is 7.11 Å². The third kappa shape index (κ3) is 2.60. The van der Waals surface area contributed by atoms with E-state index in [1.807, 2.05) is 18.2 Å². The summed E-state index contributed by atoms with van der Waals surface area (Å²) < 4.78 is 10.1. The average Bonchev–Trinajstić information content (AvgIpc) is 2.41. The molecule has 0 atom stereocenters. The number of carbonyl (C=O) groups is 1. The van der Waals surface area contributed by atoms with E-state index in [0.29, 0.717) is 11.5 Å². The Kier molecular flexibility index (Phi) is 3.48. The Morgan fingerprint density at radius 1 is 1.06 bits per heavy atom. The highest BCUT2D eigenvalue weighted by molar-refractivity contribution is 5.92. The molecule has 0 bridgehead atoms. The highest BCUT2D eigenvalue weighted by Crippen LogP contribution is 2.27. The summed E-state index contributed by atoms with van der Waals surface area (Å²) in [6.07, 6.45) is 0. The number of phenols is 1. The minimum Gasteiger partial charge on any atom is -0.507 e. The number of esters is 1. The van der Waals surface area contributed by atoms with Crippen molar-refractivity contribution in [1.29, 1.82) is 0 Å². The Bertz CT molecular complexity index is 549. The molecule has 0 aliphatic rings. The lowest BCUT2D eigenvalue weighted by Gasteiger charge is -2.08. The van der Waals surface area contributed by atoms with Crippen LogP contribution in [0.2, 0.25) is 0 Å². The molecule has 0 aliphatic heterocycles. The zero-order valence-electron chi connectivity index (χ0n) is 9.79. The van der Waals surface area contributed by atoms with Gasteiger partial charge in [0, 0.05) is 0 Å². The summed E-state index contributed by atoms with van der Waals surface area (Å²) in [5, 5.41) is 9.55. The fraction of sp³-hybridized carbons (Fsp3) is 0.0714. The summed E-state index contributed by atoms with van der Waals surface area (Å²) in [5.41, 5.74) is 0.0749. The number of ether oxygens (including phenoxy) is 2. The van der Waals surface area contributed by atoms with E-state index in [1.54, 1.807) is 18.2 Å². The maximum absolute atomic E-state index is 11.4. The predicted molar refractivity (Wildman–Crippen MR) is 66.0 cm³/mol. The van der Waals surface area contributed by atoms with Crippen molar-refractivity contribution in [1.82, 2.24) is 0 Å². The molecule has 4 nitrogen and oxygen atoms in total. The van der Waals surface area contributed by atoms with Gasteiger partial charge >= 0.3 is 5.97 Å². The fourth-order valence-electron chi connectivity index (χ4n) is 1.48. The summed E-state index contributed by atoms with van der Waals surface area (Å²) in [6.45, 7) is 0. The molecule has 2 aromatic carbocycles. The zero-order valence-corrected chi connectivity index (χ0v) is 9.79. The van der Waals surface area contributed by atoms with E-state index in [1.165, 1.54) is 19.2 Å². The number of carbonyl (C=O) groups excluding carboxylic acids is 1. The molecule has 0 saturated heterocycles. The summed E-state index contributed by atoms with van der Waals surface area (Å²) in [7, 11) is 1.26. The predicted octanol–water partition coefficient (Wildman–Crippen LogP) is 2.97. The van der Waals surface area contributed by atoms with Gasteiger partial charge in [-0.2, -0.15) is 0 Å². The number of hydrogen-bond donors (Lipinski definition) is 1. The lowest BCUT2D eigenvalue weighted by molar-refractivity contribution is 0.0597. The minimum atomic E-state index is -0.606. The largest absolute Gasteiger partial charge is 0.507 e. The summed E-state index contributed by atoms with van der Waals surface area (Å²) in [4.78, 5) is 11.4. The Morgan fingerprint density at radius 2 is 1.78 bits per heavy atom. The first kappa shape index (κ1) is 12.0. The van der Waals surface area contributed by atoms with E-state index >= 15 is 0 Å². The molecular weight excluding hydrogens is 232 g/mol. The Hall–Kier alpha value is -2.49. The number of phenolic OH excluding ortho intramolecular Hbond substituents is 1. The van der Waals surface area contributed by atoms with Crippen LogP contribution in [0.1, 0.15) is 10.4 Å². The number of rotatable bonds is 3. The average molecular weight is 244 g/mol. The summed E-state index contributed by atoms with van der Waals surface area (Å²) >= 11 is 0. The Labute approximate surface area is 104 Å². The van der Waals surface area contributed by atoms with Crippen LogP contribution in [0.15, 0.2) is 48.5 Å². The van der Waals surface area contributed by atoms with E-state index in [4.69, 9.17) is 4.74 Å². The number of methoxy groups -OCH3 is 1. The maximum Gasteiger partial charge on any atom is 0.341 e. The molecule has 0 heterocycles. The lowest BCUT2D eigenvalue weighted by Crippen LogP contribution is -2.01. The normalized spacial score (nSPS) is 9.83. The highest BCUT2D eigenvalue weighted by Gasteiger charge is 2.12.